The second kappa shape index (κ2) is 12.2. The predicted octanol–water partition coefficient (Wildman–Crippen LogP) is 8.49. The highest BCUT2D eigenvalue weighted by molar-refractivity contribution is 5.85. The molecule has 0 aromatic heterocycles. The zero-order chi connectivity index (χ0) is 32.5. The Hall–Kier alpha value is -3.49. The van der Waals surface area contributed by atoms with E-state index in [2.05, 4.69) is 0 Å². The van der Waals surface area contributed by atoms with Gasteiger partial charge in [0.05, 0.1) is 18.2 Å². The number of carbonyl (C=O) groups is 2. The van der Waals surface area contributed by atoms with E-state index in [1.807, 2.05) is 0 Å². The molecule has 6 nitrogen and oxygen atoms in total. The lowest BCUT2D eigenvalue weighted by molar-refractivity contribution is -0.227. The number of methoxy groups -OCH3 is 1. The van der Waals surface area contributed by atoms with E-state index in [1.165, 1.54) is 32.0 Å². The lowest BCUT2D eigenvalue weighted by atomic mass is 9.80. The van der Waals surface area contributed by atoms with Crippen LogP contribution in [-0.2, 0) is 28.4 Å². The number of halogens is 9. The maximum absolute atomic E-state index is 14.6. The van der Waals surface area contributed by atoms with Crippen LogP contribution >= 0.6 is 0 Å². The van der Waals surface area contributed by atoms with E-state index >= 15 is 0 Å². The first-order valence-corrected chi connectivity index (χ1v) is 13.1. The summed E-state index contributed by atoms with van der Waals surface area (Å²) in [6.07, 6.45) is -18.9. The third-order valence-corrected chi connectivity index (χ3v) is 7.25. The molecule has 0 bridgehead atoms. The number of hydrogen-bond acceptors (Lipinski definition) is 4. The summed E-state index contributed by atoms with van der Waals surface area (Å²) < 4.78 is 132. The van der Waals surface area contributed by atoms with Crippen LogP contribution in [0.4, 0.5) is 54.8 Å². The van der Waals surface area contributed by atoms with Crippen molar-refractivity contribution in [3.8, 4) is 0 Å². The van der Waals surface area contributed by atoms with E-state index in [0.29, 0.717) is 12.1 Å². The standard InChI is InChI=1S/C28H30F9N2O4/c1-16(2)43-25(41)39(28(35,36)37)10-9-21(22-7-5-6-8-23(22)39)17(3)14-38(24(40)42-4)15-18-11-19(26(29,30)31)13-20(12-18)27(32,33)34/h5-8,11-13,16-17,21H,9-10,14-15H2,1-4H3/q+1/t17?,21-,39+/m0/s1. The van der Waals surface area contributed by atoms with E-state index in [1.54, 1.807) is 6.92 Å². The first-order chi connectivity index (χ1) is 19.7. The second-order valence-electron chi connectivity index (χ2n) is 10.6. The summed E-state index contributed by atoms with van der Waals surface area (Å²) in [6, 6.07) is 6.30. The Morgan fingerprint density at radius 3 is 1.98 bits per heavy atom. The zero-order valence-corrected chi connectivity index (χ0v) is 23.5. The van der Waals surface area contributed by atoms with Gasteiger partial charge in [-0.05, 0) is 49.4 Å². The van der Waals surface area contributed by atoms with Gasteiger partial charge in [-0.2, -0.15) is 31.1 Å². The van der Waals surface area contributed by atoms with Gasteiger partial charge < -0.3 is 14.4 Å². The first kappa shape index (κ1) is 34.0. The van der Waals surface area contributed by atoms with Crippen molar-refractivity contribution in [1.82, 2.24) is 9.38 Å². The number of amides is 2. The summed E-state index contributed by atoms with van der Waals surface area (Å²) in [5.74, 6) is -1.36. The van der Waals surface area contributed by atoms with Crippen molar-refractivity contribution in [2.45, 2.75) is 64.4 Å². The van der Waals surface area contributed by atoms with Crippen LogP contribution < -0.4 is 4.48 Å². The quantitative estimate of drug-likeness (QED) is 0.183. The number of para-hydroxylation sites is 1. The molecule has 0 radical (unpaired) electrons. The molecule has 1 aliphatic rings. The molecule has 238 valence electrons. The largest absolute Gasteiger partial charge is 0.576 e. The second-order valence-corrected chi connectivity index (χ2v) is 10.6. The smallest absolute Gasteiger partial charge is 0.453 e. The summed E-state index contributed by atoms with van der Waals surface area (Å²) in [6.45, 7) is 2.66. The Labute approximate surface area is 241 Å². The SMILES string of the molecule is COC(=O)N(Cc1cc(C(F)(F)F)cc(C(F)(F)F)c1)CC(C)[C@@H]1CC[N@@+](C(=O)OC(C)C)(C(F)(F)F)c2ccccc21. The summed E-state index contributed by atoms with van der Waals surface area (Å²) in [5.41, 5.74) is -3.84. The molecule has 3 rings (SSSR count). The number of carbonyl (C=O) groups excluding carboxylic acids is 2. The molecule has 0 N–H and O–H groups in total. The number of hydrogen-bond donors (Lipinski definition) is 0. The lowest BCUT2D eigenvalue weighted by Gasteiger charge is -2.42. The number of nitrogens with zero attached hydrogens (tertiary/aromatic N) is 2. The van der Waals surface area contributed by atoms with E-state index in [9.17, 15) is 49.1 Å². The third-order valence-electron chi connectivity index (χ3n) is 7.25. The zero-order valence-electron chi connectivity index (χ0n) is 23.5. The van der Waals surface area contributed by atoms with Gasteiger partial charge in [-0.1, -0.05) is 29.6 Å². The fraction of sp³-hybridized carbons (Fsp3) is 0.500. The molecule has 0 saturated heterocycles. The van der Waals surface area contributed by atoms with Crippen molar-refractivity contribution in [2.24, 2.45) is 5.92 Å². The van der Waals surface area contributed by atoms with Gasteiger partial charge in [0.25, 0.3) is 0 Å². The Morgan fingerprint density at radius 2 is 1.49 bits per heavy atom. The van der Waals surface area contributed by atoms with Crippen LogP contribution in [0.25, 0.3) is 0 Å². The number of benzene rings is 2. The molecule has 0 saturated carbocycles. The van der Waals surface area contributed by atoms with E-state index in [4.69, 9.17) is 9.47 Å². The normalized spacial score (nSPS) is 19.9. The highest BCUT2D eigenvalue weighted by atomic mass is 19.4. The summed E-state index contributed by atoms with van der Waals surface area (Å²) in [4.78, 5) is 26.4. The highest BCUT2D eigenvalue weighted by Crippen LogP contribution is 2.49. The van der Waals surface area contributed by atoms with Crippen molar-refractivity contribution in [1.29, 1.82) is 0 Å². The van der Waals surface area contributed by atoms with Gasteiger partial charge >= 0.3 is 30.8 Å². The average molecular weight is 630 g/mol. The molecule has 2 aromatic carbocycles. The Morgan fingerprint density at radius 1 is 0.930 bits per heavy atom. The van der Waals surface area contributed by atoms with Gasteiger partial charge in [-0.15, -0.1) is 13.2 Å². The number of rotatable bonds is 6. The molecule has 2 amide bonds. The number of ether oxygens (including phenoxy) is 2. The molecule has 0 aliphatic carbocycles. The molecule has 0 fully saturated rings. The number of alkyl halides is 9. The van der Waals surface area contributed by atoms with Crippen LogP contribution in [0.3, 0.4) is 0 Å². The lowest BCUT2D eigenvalue weighted by Crippen LogP contribution is -2.66. The van der Waals surface area contributed by atoms with Crippen LogP contribution in [0.2, 0.25) is 0 Å². The number of fused-ring (bicyclic) bond motifs is 1. The van der Waals surface area contributed by atoms with Gasteiger partial charge in [0, 0.05) is 31.1 Å². The molecule has 0 spiro atoms. The van der Waals surface area contributed by atoms with Crippen molar-refractivity contribution < 1.29 is 58.6 Å². The molecule has 2 aromatic rings. The molecule has 43 heavy (non-hydrogen) atoms. The third kappa shape index (κ3) is 7.19. The van der Waals surface area contributed by atoms with Crippen LogP contribution in [0.5, 0.6) is 0 Å². The molecular formula is C28H30F9N2O4+. The molecule has 15 heteroatoms. The van der Waals surface area contributed by atoms with Crippen molar-refractivity contribution in [3.63, 3.8) is 0 Å². The average Bonchev–Trinajstić information content (AvgIpc) is 2.89. The van der Waals surface area contributed by atoms with E-state index in [0.717, 1.165) is 18.1 Å². The van der Waals surface area contributed by atoms with Gasteiger partial charge in [0.1, 0.15) is 12.6 Å². The Bertz CT molecular complexity index is 1290. The number of quaternary nitrogens is 1. The van der Waals surface area contributed by atoms with Gasteiger partial charge in [-0.3, -0.25) is 0 Å². The van der Waals surface area contributed by atoms with Gasteiger partial charge in [0.15, 0.2) is 5.69 Å². The van der Waals surface area contributed by atoms with Crippen LogP contribution in [0.15, 0.2) is 42.5 Å². The maximum atomic E-state index is 14.6. The van der Waals surface area contributed by atoms with Crippen LogP contribution in [0.1, 0.15) is 55.4 Å². The fourth-order valence-electron chi connectivity index (χ4n) is 5.34. The van der Waals surface area contributed by atoms with E-state index in [-0.39, 0.29) is 30.3 Å². The molecule has 1 unspecified atom stereocenters. The van der Waals surface area contributed by atoms with Crippen LogP contribution in [-0.4, -0.2) is 49.7 Å². The monoisotopic (exact) mass is 629 g/mol. The minimum atomic E-state index is -5.11. The van der Waals surface area contributed by atoms with Gasteiger partial charge in [0.2, 0.25) is 0 Å². The van der Waals surface area contributed by atoms with Crippen molar-refractivity contribution >= 4 is 17.9 Å². The van der Waals surface area contributed by atoms with Crippen molar-refractivity contribution in [3.05, 3.63) is 64.7 Å². The highest BCUT2D eigenvalue weighted by Gasteiger charge is 2.66. The molecule has 3 atom stereocenters. The molecule has 1 aliphatic heterocycles. The van der Waals surface area contributed by atoms with E-state index < -0.39 is 83.0 Å². The predicted molar refractivity (Wildman–Crippen MR) is 137 cm³/mol. The first-order valence-electron chi connectivity index (χ1n) is 13.1. The fourth-order valence-corrected chi connectivity index (χ4v) is 5.34. The minimum absolute atomic E-state index is 0.0387. The van der Waals surface area contributed by atoms with Gasteiger partial charge in [-0.25, -0.2) is 4.79 Å². The summed E-state index contributed by atoms with van der Waals surface area (Å²) >= 11 is 0. The van der Waals surface area contributed by atoms with Crippen LogP contribution in [0, 0.1) is 5.92 Å². The Kier molecular flexibility index (Phi) is 9.69. The summed E-state index contributed by atoms with van der Waals surface area (Å²) in [5, 5.41) is 0. The Balaban J connectivity index is 2.00. The maximum Gasteiger partial charge on any atom is 0.576 e. The minimum Gasteiger partial charge on any atom is -0.453 e. The molecule has 1 heterocycles. The summed E-state index contributed by atoms with van der Waals surface area (Å²) in [7, 11) is 0.971. The van der Waals surface area contributed by atoms with Crippen molar-refractivity contribution in [2.75, 3.05) is 20.2 Å². The topological polar surface area (TPSA) is 55.8 Å². The molecular weight excluding hydrogens is 599 g/mol.